The van der Waals surface area contributed by atoms with Crippen LogP contribution in [0.4, 0.5) is 13.2 Å². The average Bonchev–Trinajstić information content (AvgIpc) is 2.42. The largest absolute Gasteiger partial charge is 0.446 e. The quantitative estimate of drug-likeness (QED) is 0.306. The van der Waals surface area contributed by atoms with E-state index < -0.39 is 63.3 Å². The lowest BCUT2D eigenvalue weighted by molar-refractivity contribution is -0.0329. The van der Waals surface area contributed by atoms with Gasteiger partial charge in [0.25, 0.3) is 10.1 Å². The maximum atomic E-state index is 12.6. The van der Waals surface area contributed by atoms with Crippen molar-refractivity contribution < 1.29 is 39.4 Å². The molecule has 0 radical (unpaired) electrons. The molecule has 1 aromatic rings. The lowest BCUT2D eigenvalue weighted by Gasteiger charge is -2.22. The van der Waals surface area contributed by atoms with Crippen LogP contribution in [-0.2, 0) is 27.9 Å². The highest BCUT2D eigenvalue weighted by atomic mass is 32.2. The number of halogens is 3. The highest BCUT2D eigenvalue weighted by Gasteiger charge is 2.35. The average molecular weight is 436 g/mol. The van der Waals surface area contributed by atoms with Crippen molar-refractivity contribution in [1.82, 2.24) is 0 Å². The van der Waals surface area contributed by atoms with Crippen molar-refractivity contribution in [3.8, 4) is 0 Å². The van der Waals surface area contributed by atoms with Crippen LogP contribution in [0, 0.1) is 0 Å². The van der Waals surface area contributed by atoms with Gasteiger partial charge in [0.05, 0.1) is 12.2 Å². The summed E-state index contributed by atoms with van der Waals surface area (Å²) in [6.07, 6.45) is -2.03. The first-order valence-corrected chi connectivity index (χ1v) is 11.4. The second-order valence-corrected chi connectivity index (χ2v) is 10.2. The molecule has 0 spiro atoms. The molecule has 0 aromatic heterocycles. The van der Waals surface area contributed by atoms with Crippen LogP contribution < -0.4 is 0 Å². The third kappa shape index (κ3) is 7.98. The molecule has 0 saturated heterocycles. The number of alkyl halides is 3. The maximum absolute atomic E-state index is 12.6. The van der Waals surface area contributed by atoms with Crippen molar-refractivity contribution in [3.05, 3.63) is 24.3 Å². The molecule has 0 bridgehead atoms. The summed E-state index contributed by atoms with van der Waals surface area (Å²) in [5.74, 6) is 0. The third-order valence-corrected chi connectivity index (χ3v) is 6.82. The predicted octanol–water partition coefficient (Wildman–Crippen LogP) is 5.00. The molecule has 150 valence electrons. The molecule has 0 amide bonds. The van der Waals surface area contributed by atoms with E-state index >= 15 is 0 Å². The van der Waals surface area contributed by atoms with E-state index in [1.165, 1.54) is 12.1 Å². The van der Waals surface area contributed by atoms with Gasteiger partial charge >= 0.3 is 13.1 Å². The topological polar surface area (TPSA) is 78.9 Å². The van der Waals surface area contributed by atoms with Gasteiger partial charge in [-0.3, -0.25) is 8.75 Å². The number of benzene rings is 1. The minimum atomic E-state index is -4.68. The van der Waals surface area contributed by atoms with E-state index in [1.54, 1.807) is 27.7 Å². The minimum Gasteiger partial charge on any atom is -0.304 e. The Morgan fingerprint density at radius 2 is 1.58 bits per heavy atom. The van der Waals surface area contributed by atoms with Gasteiger partial charge in [0.15, 0.2) is 6.35 Å². The number of hydrogen-bond donors (Lipinski definition) is 0. The smallest absolute Gasteiger partial charge is 0.304 e. The summed E-state index contributed by atoms with van der Waals surface area (Å²) in [6, 6.07) is 4.50. The Kier molecular flexibility index (Phi) is 8.19. The Bertz CT molecular complexity index is 735. The number of hydrogen-bond acceptors (Lipinski definition) is 7. The van der Waals surface area contributed by atoms with Gasteiger partial charge < -0.3 is 9.05 Å². The van der Waals surface area contributed by atoms with Gasteiger partial charge in [-0.15, -0.1) is 0 Å². The van der Waals surface area contributed by atoms with Crippen LogP contribution in [0.15, 0.2) is 34.1 Å². The lowest BCUT2D eigenvalue weighted by atomic mass is 10.4. The SMILES string of the molecule is CC(C)OP(=O)(COS(=O)(=O)c1ccccc1SC(F)(F)F)OC(C)C. The van der Waals surface area contributed by atoms with Crippen LogP contribution in [0.3, 0.4) is 0 Å². The van der Waals surface area contributed by atoms with Crippen molar-refractivity contribution in [1.29, 1.82) is 0 Å². The highest BCUT2D eigenvalue weighted by Crippen LogP contribution is 2.51. The van der Waals surface area contributed by atoms with E-state index in [1.807, 2.05) is 0 Å². The molecule has 1 aromatic carbocycles. The Morgan fingerprint density at radius 1 is 1.08 bits per heavy atom. The molecule has 0 aliphatic carbocycles. The Hall–Kier alpha value is -0.580. The lowest BCUT2D eigenvalue weighted by Crippen LogP contribution is -2.15. The third-order valence-electron chi connectivity index (χ3n) is 2.45. The summed E-state index contributed by atoms with van der Waals surface area (Å²) in [6.45, 7) is 6.28. The normalized spacial score (nSPS) is 13.6. The van der Waals surface area contributed by atoms with Gasteiger partial charge in [-0.1, -0.05) is 12.1 Å². The van der Waals surface area contributed by atoms with Crippen LogP contribution in [0.2, 0.25) is 0 Å². The van der Waals surface area contributed by atoms with E-state index in [0.717, 1.165) is 12.1 Å². The van der Waals surface area contributed by atoms with Crippen LogP contribution in [0.5, 0.6) is 0 Å². The van der Waals surface area contributed by atoms with Gasteiger partial charge in [0, 0.05) is 4.90 Å². The maximum Gasteiger partial charge on any atom is 0.446 e. The summed E-state index contributed by atoms with van der Waals surface area (Å²) < 4.78 is 90.1. The Morgan fingerprint density at radius 3 is 2.04 bits per heavy atom. The summed E-state index contributed by atoms with van der Waals surface area (Å²) in [5.41, 5.74) is -4.68. The molecule has 6 nitrogen and oxygen atoms in total. The van der Waals surface area contributed by atoms with E-state index in [2.05, 4.69) is 0 Å². The summed E-state index contributed by atoms with van der Waals surface area (Å²) in [7, 11) is -8.56. The second kappa shape index (κ2) is 9.07. The molecule has 0 aliphatic heterocycles. The molecule has 0 unspecified atom stereocenters. The molecule has 0 fully saturated rings. The van der Waals surface area contributed by atoms with E-state index in [0.29, 0.717) is 0 Å². The van der Waals surface area contributed by atoms with Crippen molar-refractivity contribution in [3.63, 3.8) is 0 Å². The van der Waals surface area contributed by atoms with E-state index in [-0.39, 0.29) is 0 Å². The fourth-order valence-corrected chi connectivity index (χ4v) is 6.00. The standard InChI is InChI=1S/C14H20F3O6PS2/c1-10(2)22-24(18,23-11(3)4)9-21-26(19,20)13-8-6-5-7-12(13)25-14(15,16)17/h5-8,10-11H,9H2,1-4H3. The summed E-state index contributed by atoms with van der Waals surface area (Å²) in [4.78, 5) is -1.23. The summed E-state index contributed by atoms with van der Waals surface area (Å²) in [5, 5.41) is 0. The van der Waals surface area contributed by atoms with Crippen molar-refractivity contribution in [2.75, 3.05) is 6.35 Å². The van der Waals surface area contributed by atoms with Crippen molar-refractivity contribution in [2.24, 2.45) is 0 Å². The molecule has 0 atom stereocenters. The number of thioether (sulfide) groups is 1. The molecule has 1 rings (SSSR count). The van der Waals surface area contributed by atoms with Gasteiger partial charge in [0.1, 0.15) is 4.90 Å². The monoisotopic (exact) mass is 436 g/mol. The predicted molar refractivity (Wildman–Crippen MR) is 91.5 cm³/mol. The minimum absolute atomic E-state index is 0.543. The molecule has 0 aliphatic rings. The first-order valence-electron chi connectivity index (χ1n) is 7.44. The van der Waals surface area contributed by atoms with Crippen molar-refractivity contribution in [2.45, 2.75) is 55.2 Å². The molecular weight excluding hydrogens is 416 g/mol. The zero-order chi connectivity index (χ0) is 20.2. The molecule has 0 saturated carbocycles. The number of rotatable bonds is 9. The second-order valence-electron chi connectivity index (χ2n) is 5.61. The first-order chi connectivity index (χ1) is 11.7. The molecule has 0 N–H and O–H groups in total. The van der Waals surface area contributed by atoms with E-state index in [9.17, 15) is 26.2 Å². The van der Waals surface area contributed by atoms with Gasteiger partial charge in [0.2, 0.25) is 0 Å². The molecule has 12 heteroatoms. The fraction of sp³-hybridized carbons (Fsp3) is 0.571. The van der Waals surface area contributed by atoms with E-state index in [4.69, 9.17) is 13.2 Å². The molecular formula is C14H20F3O6PS2. The Balaban J connectivity index is 3.07. The zero-order valence-corrected chi connectivity index (χ0v) is 17.0. The van der Waals surface area contributed by atoms with Crippen LogP contribution in [0.25, 0.3) is 0 Å². The van der Waals surface area contributed by atoms with Crippen LogP contribution >= 0.6 is 19.4 Å². The fourth-order valence-electron chi connectivity index (χ4n) is 1.79. The van der Waals surface area contributed by atoms with Crippen LogP contribution in [-0.4, -0.2) is 32.5 Å². The highest BCUT2D eigenvalue weighted by molar-refractivity contribution is 8.00. The zero-order valence-electron chi connectivity index (χ0n) is 14.5. The van der Waals surface area contributed by atoms with Gasteiger partial charge in [-0.05, 0) is 51.6 Å². The molecule has 0 heterocycles. The Labute approximate surface area is 155 Å². The first kappa shape index (κ1) is 23.5. The van der Waals surface area contributed by atoms with Crippen LogP contribution in [0.1, 0.15) is 27.7 Å². The van der Waals surface area contributed by atoms with Gasteiger partial charge in [-0.2, -0.15) is 21.6 Å². The summed E-state index contributed by atoms with van der Waals surface area (Å²) >= 11 is -0.582. The molecule has 26 heavy (non-hydrogen) atoms. The van der Waals surface area contributed by atoms with Crippen molar-refractivity contribution >= 4 is 29.5 Å². The van der Waals surface area contributed by atoms with Gasteiger partial charge in [-0.25, -0.2) is 0 Å².